The zero-order valence-corrected chi connectivity index (χ0v) is 21.3. The molecule has 0 atom stereocenters. The average molecular weight is 500 g/mol. The van der Waals surface area contributed by atoms with Crippen molar-refractivity contribution in [3.8, 4) is 18.1 Å². The molecule has 3 aromatic rings. The molecule has 0 aliphatic carbocycles. The molecule has 0 saturated heterocycles. The molecule has 0 aliphatic rings. The smallest absolute Gasteiger partial charge is 0.279 e. The Morgan fingerprint density at radius 1 is 1.12 bits per heavy atom. The molecule has 9 heteroatoms. The molecule has 0 N–H and O–H groups in total. The van der Waals surface area contributed by atoms with Gasteiger partial charge in [-0.1, -0.05) is 37.2 Å². The van der Waals surface area contributed by atoms with Gasteiger partial charge in [-0.3, -0.25) is 4.79 Å². The van der Waals surface area contributed by atoms with E-state index in [2.05, 4.69) is 10.9 Å². The fourth-order valence-electron chi connectivity index (χ4n) is 3.61. The van der Waals surface area contributed by atoms with Crippen molar-refractivity contribution in [3.63, 3.8) is 0 Å². The largest absolute Gasteiger partial charge is 0.492 e. The third kappa shape index (κ3) is 5.41. The van der Waals surface area contributed by atoms with E-state index >= 15 is 0 Å². The van der Waals surface area contributed by atoms with Crippen molar-refractivity contribution in [1.82, 2.24) is 8.87 Å². The van der Waals surface area contributed by atoms with Gasteiger partial charge in [-0.05, 0) is 56.2 Å². The number of fused-ring (bicyclic) bond motifs is 1. The predicted molar refractivity (Wildman–Crippen MR) is 135 cm³/mol. The number of rotatable bonds is 10. The van der Waals surface area contributed by atoms with Crippen LogP contribution in [-0.4, -0.2) is 42.9 Å². The third-order valence-electron chi connectivity index (χ3n) is 5.10. The van der Waals surface area contributed by atoms with Crippen molar-refractivity contribution in [2.45, 2.75) is 45.1 Å². The summed E-state index contributed by atoms with van der Waals surface area (Å²) in [7, 11) is -3.62. The number of terminal acetylenes is 1. The molecule has 7 nitrogen and oxygen atoms in total. The van der Waals surface area contributed by atoms with Gasteiger partial charge in [-0.2, -0.15) is 9.30 Å². The number of hydrogen-bond donors (Lipinski definition) is 0. The van der Waals surface area contributed by atoms with Crippen LogP contribution in [0.4, 0.5) is 0 Å². The van der Waals surface area contributed by atoms with Crippen LogP contribution < -0.4 is 9.54 Å². The Kier molecular flexibility index (Phi) is 8.67. The normalized spacial score (nSPS) is 12.3. The number of aromatic nitrogens is 1. The Balaban J connectivity index is 1.98. The first-order valence-electron chi connectivity index (χ1n) is 11.2. The number of benzene rings is 2. The van der Waals surface area contributed by atoms with Gasteiger partial charge < -0.3 is 9.30 Å². The second-order valence-corrected chi connectivity index (χ2v) is 10.5. The highest BCUT2D eigenvalue weighted by Crippen LogP contribution is 2.27. The Bertz CT molecular complexity index is 1360. The first-order valence-corrected chi connectivity index (χ1v) is 13.5. The van der Waals surface area contributed by atoms with E-state index in [1.807, 2.05) is 39.0 Å². The molecule has 0 bridgehead atoms. The molecule has 3 rings (SSSR count). The highest BCUT2D eigenvalue weighted by molar-refractivity contribution is 7.89. The van der Waals surface area contributed by atoms with Gasteiger partial charge in [0.15, 0.2) is 4.80 Å². The summed E-state index contributed by atoms with van der Waals surface area (Å²) in [6.45, 7) is 7.43. The zero-order valence-electron chi connectivity index (χ0n) is 19.7. The van der Waals surface area contributed by atoms with Gasteiger partial charge in [0, 0.05) is 18.7 Å². The van der Waals surface area contributed by atoms with E-state index in [0.717, 1.165) is 23.1 Å². The molecule has 180 valence electrons. The van der Waals surface area contributed by atoms with Gasteiger partial charge in [0.05, 0.1) is 22.7 Å². The molecule has 0 unspecified atom stereocenters. The van der Waals surface area contributed by atoms with Crippen molar-refractivity contribution < 1.29 is 17.9 Å². The molecule has 0 radical (unpaired) electrons. The topological polar surface area (TPSA) is 81.0 Å². The lowest BCUT2D eigenvalue weighted by molar-refractivity contribution is 0.0997. The van der Waals surface area contributed by atoms with Crippen molar-refractivity contribution >= 4 is 37.5 Å². The number of ether oxygens (including phenoxy) is 1. The number of amides is 1. The van der Waals surface area contributed by atoms with Gasteiger partial charge in [-0.25, -0.2) is 8.42 Å². The molecular formula is C25H29N3O4S2. The monoisotopic (exact) mass is 499 g/mol. The van der Waals surface area contributed by atoms with Gasteiger partial charge in [0.2, 0.25) is 10.0 Å². The molecule has 1 heterocycles. The highest BCUT2D eigenvalue weighted by Gasteiger charge is 2.23. The summed E-state index contributed by atoms with van der Waals surface area (Å²) in [4.78, 5) is 17.9. The highest BCUT2D eigenvalue weighted by atomic mass is 32.2. The second-order valence-electron chi connectivity index (χ2n) is 7.56. The minimum absolute atomic E-state index is 0.163. The number of para-hydroxylation sites is 1. The first-order chi connectivity index (χ1) is 16.4. The quantitative estimate of drug-likeness (QED) is 0.390. The molecule has 34 heavy (non-hydrogen) atoms. The summed E-state index contributed by atoms with van der Waals surface area (Å²) in [5, 5.41) is 0. The van der Waals surface area contributed by atoms with E-state index in [-0.39, 0.29) is 11.4 Å². The number of carbonyl (C=O) groups excluding carboxylic acids is 1. The van der Waals surface area contributed by atoms with Crippen LogP contribution in [0.5, 0.6) is 5.75 Å². The number of sulfonamides is 1. The van der Waals surface area contributed by atoms with Crippen LogP contribution in [-0.2, 0) is 16.6 Å². The number of thiazole rings is 1. The van der Waals surface area contributed by atoms with Gasteiger partial charge in [-0.15, -0.1) is 6.42 Å². The molecule has 1 aromatic heterocycles. The molecule has 0 aliphatic heterocycles. The van der Waals surface area contributed by atoms with E-state index in [1.54, 1.807) is 4.57 Å². The predicted octanol–water partition coefficient (Wildman–Crippen LogP) is 4.29. The van der Waals surface area contributed by atoms with E-state index in [1.165, 1.54) is 39.9 Å². The fraction of sp³-hybridized carbons (Fsp3) is 0.360. The summed E-state index contributed by atoms with van der Waals surface area (Å²) in [5.74, 6) is 2.82. The van der Waals surface area contributed by atoms with Crippen LogP contribution in [0.1, 0.15) is 44.0 Å². The Hall–Kier alpha value is -2.93. The van der Waals surface area contributed by atoms with Crippen LogP contribution in [0.25, 0.3) is 10.2 Å². The van der Waals surface area contributed by atoms with Crippen LogP contribution in [0.3, 0.4) is 0 Å². The van der Waals surface area contributed by atoms with Gasteiger partial charge in [0.1, 0.15) is 11.3 Å². The van der Waals surface area contributed by atoms with Gasteiger partial charge >= 0.3 is 0 Å². The number of carbonyl (C=O) groups is 1. The van der Waals surface area contributed by atoms with Crippen LogP contribution >= 0.6 is 11.3 Å². The molecule has 0 saturated carbocycles. The average Bonchev–Trinajstić information content (AvgIpc) is 3.17. The standard InChI is InChI=1S/C25H29N3O4S2/c1-5-16-27(17-6-2)34(30,31)20-14-12-19(13-15-20)24(29)26-25-28(18-7-3)23-21(32-8-4)10-9-11-22(23)33-25/h3,9-15H,5-6,8,16-18H2,1-2,4H3. The molecule has 2 aromatic carbocycles. The minimum Gasteiger partial charge on any atom is -0.492 e. The van der Waals surface area contributed by atoms with Crippen molar-refractivity contribution in [2.24, 2.45) is 4.99 Å². The van der Waals surface area contributed by atoms with Crippen LogP contribution in [0, 0.1) is 12.3 Å². The van der Waals surface area contributed by atoms with E-state index in [0.29, 0.717) is 35.8 Å². The van der Waals surface area contributed by atoms with Crippen LogP contribution in [0.2, 0.25) is 0 Å². The van der Waals surface area contributed by atoms with Crippen LogP contribution in [0.15, 0.2) is 52.4 Å². The third-order valence-corrected chi connectivity index (χ3v) is 8.05. The van der Waals surface area contributed by atoms with Crippen molar-refractivity contribution in [1.29, 1.82) is 0 Å². The first kappa shape index (κ1) is 25.7. The van der Waals surface area contributed by atoms with E-state index in [4.69, 9.17) is 11.2 Å². The molecule has 0 fully saturated rings. The Labute approximate surface area is 204 Å². The lowest BCUT2D eigenvalue weighted by atomic mass is 10.2. The van der Waals surface area contributed by atoms with Crippen molar-refractivity contribution in [3.05, 3.63) is 52.8 Å². The zero-order chi connectivity index (χ0) is 24.7. The van der Waals surface area contributed by atoms with E-state index < -0.39 is 15.9 Å². The second kappa shape index (κ2) is 11.5. The minimum atomic E-state index is -3.62. The SMILES string of the molecule is C#CCn1c(=NC(=O)c2ccc(S(=O)(=O)N(CCC)CCC)cc2)sc2cccc(OCC)c21. The molecule has 1 amide bonds. The van der Waals surface area contributed by atoms with Gasteiger partial charge in [0.25, 0.3) is 5.91 Å². The lowest BCUT2D eigenvalue weighted by Gasteiger charge is -2.21. The van der Waals surface area contributed by atoms with Crippen molar-refractivity contribution in [2.75, 3.05) is 19.7 Å². The maximum Gasteiger partial charge on any atom is 0.279 e. The molecule has 0 spiro atoms. The Morgan fingerprint density at radius 3 is 2.38 bits per heavy atom. The summed E-state index contributed by atoms with van der Waals surface area (Å²) in [6.07, 6.45) is 7.03. The lowest BCUT2D eigenvalue weighted by Crippen LogP contribution is -2.32. The number of nitrogens with zero attached hydrogens (tertiary/aromatic N) is 3. The Morgan fingerprint density at radius 2 is 1.79 bits per heavy atom. The summed E-state index contributed by atoms with van der Waals surface area (Å²) in [6, 6.07) is 11.6. The number of hydrogen-bond acceptors (Lipinski definition) is 5. The summed E-state index contributed by atoms with van der Waals surface area (Å²) >= 11 is 1.35. The summed E-state index contributed by atoms with van der Waals surface area (Å²) < 4.78 is 35.8. The summed E-state index contributed by atoms with van der Waals surface area (Å²) in [5.41, 5.74) is 1.10. The maximum absolute atomic E-state index is 13.0. The maximum atomic E-state index is 13.0. The fourth-order valence-corrected chi connectivity index (χ4v) is 6.28. The molecular weight excluding hydrogens is 470 g/mol. The van der Waals surface area contributed by atoms with E-state index in [9.17, 15) is 13.2 Å².